The summed E-state index contributed by atoms with van der Waals surface area (Å²) in [6, 6.07) is 2.84. The first-order valence-corrected chi connectivity index (χ1v) is 8.52. The molecular formula is C10H10BrCl2NO4S. The van der Waals surface area contributed by atoms with Crippen molar-refractivity contribution < 1.29 is 18.3 Å². The molecule has 0 fully saturated rings. The maximum Gasteiger partial charge on any atom is 0.337 e. The number of halogens is 3. The molecule has 1 rings (SSSR count). The molecule has 0 unspecified atom stereocenters. The van der Waals surface area contributed by atoms with Crippen molar-refractivity contribution in [3.63, 3.8) is 0 Å². The molecule has 0 saturated heterocycles. The zero-order valence-corrected chi connectivity index (χ0v) is 13.4. The number of aromatic carboxylic acids is 1. The van der Waals surface area contributed by atoms with Gasteiger partial charge in [0.05, 0.1) is 22.0 Å². The van der Waals surface area contributed by atoms with Crippen molar-refractivity contribution in [2.24, 2.45) is 0 Å². The topological polar surface area (TPSA) is 83.5 Å². The SMILES string of the molecule is O=C(O)c1cc(Br)cc(NCS(=O)(=O)CCCl)c1Cl. The molecule has 0 heterocycles. The normalized spacial score (nSPS) is 11.3. The minimum atomic E-state index is -3.36. The molecule has 1 aromatic rings. The summed E-state index contributed by atoms with van der Waals surface area (Å²) < 4.78 is 23.5. The van der Waals surface area contributed by atoms with Gasteiger partial charge in [0.25, 0.3) is 0 Å². The summed E-state index contributed by atoms with van der Waals surface area (Å²) in [5, 5.41) is 11.5. The largest absolute Gasteiger partial charge is 0.478 e. The van der Waals surface area contributed by atoms with Crippen LogP contribution in [-0.4, -0.2) is 37.0 Å². The van der Waals surface area contributed by atoms with Gasteiger partial charge in [0.1, 0.15) is 5.88 Å². The number of hydrogen-bond donors (Lipinski definition) is 2. The third kappa shape index (κ3) is 4.83. The third-order valence-electron chi connectivity index (χ3n) is 2.14. The Balaban J connectivity index is 2.99. The number of carboxylic acid groups (broad SMARTS) is 1. The third-order valence-corrected chi connectivity index (χ3v) is 4.83. The highest BCUT2D eigenvalue weighted by Gasteiger charge is 2.16. The van der Waals surface area contributed by atoms with Crippen LogP contribution in [0.4, 0.5) is 5.69 Å². The molecular weight excluding hydrogens is 381 g/mol. The van der Waals surface area contributed by atoms with E-state index in [0.29, 0.717) is 4.47 Å². The summed E-state index contributed by atoms with van der Waals surface area (Å²) in [6.07, 6.45) is 0. The fourth-order valence-corrected chi connectivity index (χ4v) is 3.43. The fraction of sp³-hybridized carbons (Fsp3) is 0.300. The van der Waals surface area contributed by atoms with E-state index in [-0.39, 0.29) is 33.8 Å². The highest BCUT2D eigenvalue weighted by molar-refractivity contribution is 9.10. The lowest BCUT2D eigenvalue weighted by Gasteiger charge is -2.11. The van der Waals surface area contributed by atoms with Crippen molar-refractivity contribution >= 4 is 60.6 Å². The highest BCUT2D eigenvalue weighted by Crippen LogP contribution is 2.30. The van der Waals surface area contributed by atoms with Crippen LogP contribution in [0.5, 0.6) is 0 Å². The van der Waals surface area contributed by atoms with Crippen LogP contribution >= 0.6 is 39.1 Å². The average molecular weight is 391 g/mol. The Bertz CT molecular complexity index is 591. The monoisotopic (exact) mass is 389 g/mol. The van der Waals surface area contributed by atoms with Crippen molar-refractivity contribution in [2.45, 2.75) is 0 Å². The van der Waals surface area contributed by atoms with Crippen LogP contribution in [0, 0.1) is 0 Å². The van der Waals surface area contributed by atoms with Gasteiger partial charge < -0.3 is 10.4 Å². The minimum Gasteiger partial charge on any atom is -0.478 e. The zero-order valence-electron chi connectivity index (χ0n) is 9.49. The molecule has 106 valence electrons. The van der Waals surface area contributed by atoms with Gasteiger partial charge in [-0.25, -0.2) is 13.2 Å². The van der Waals surface area contributed by atoms with E-state index in [1.54, 1.807) is 0 Å². The molecule has 9 heteroatoms. The molecule has 0 aliphatic heterocycles. The summed E-state index contributed by atoms with van der Waals surface area (Å²) in [5.41, 5.74) is 0.111. The van der Waals surface area contributed by atoms with Gasteiger partial charge in [-0.15, -0.1) is 11.6 Å². The molecule has 0 aromatic heterocycles. The quantitative estimate of drug-likeness (QED) is 0.729. The van der Waals surface area contributed by atoms with E-state index in [4.69, 9.17) is 28.3 Å². The minimum absolute atomic E-state index is 0.00337. The first-order valence-electron chi connectivity index (χ1n) is 4.99. The van der Waals surface area contributed by atoms with Gasteiger partial charge in [-0.3, -0.25) is 0 Å². The second-order valence-electron chi connectivity index (χ2n) is 3.58. The lowest BCUT2D eigenvalue weighted by molar-refractivity contribution is 0.0697. The Morgan fingerprint density at radius 3 is 2.58 bits per heavy atom. The van der Waals surface area contributed by atoms with Crippen LogP contribution in [0.2, 0.25) is 5.02 Å². The number of anilines is 1. The Kier molecular flexibility index (Phi) is 5.91. The molecule has 19 heavy (non-hydrogen) atoms. The van der Waals surface area contributed by atoms with E-state index in [1.807, 2.05) is 0 Å². The van der Waals surface area contributed by atoms with Gasteiger partial charge in [0.15, 0.2) is 9.84 Å². The Morgan fingerprint density at radius 2 is 2.05 bits per heavy atom. The van der Waals surface area contributed by atoms with Crippen molar-refractivity contribution in [1.29, 1.82) is 0 Å². The number of nitrogens with one attached hydrogen (secondary N) is 1. The van der Waals surface area contributed by atoms with Gasteiger partial charge >= 0.3 is 5.97 Å². The summed E-state index contributed by atoms with van der Waals surface area (Å²) in [5.74, 6) is -1.73. The molecule has 0 spiro atoms. The predicted molar refractivity (Wildman–Crippen MR) is 79.1 cm³/mol. The first-order chi connectivity index (χ1) is 8.76. The Morgan fingerprint density at radius 1 is 1.42 bits per heavy atom. The Hall–Kier alpha value is -0.500. The Labute approximate surface area is 128 Å². The van der Waals surface area contributed by atoms with Crippen LogP contribution in [0.1, 0.15) is 10.4 Å². The van der Waals surface area contributed by atoms with E-state index < -0.39 is 15.8 Å². The fourth-order valence-electron chi connectivity index (χ4n) is 1.25. The summed E-state index contributed by atoms with van der Waals surface area (Å²) in [6.45, 7) is 0. The second-order valence-corrected chi connectivity index (χ2v) is 7.43. The number of carbonyl (C=O) groups is 1. The molecule has 0 amide bonds. The van der Waals surface area contributed by atoms with Crippen LogP contribution in [0.15, 0.2) is 16.6 Å². The zero-order chi connectivity index (χ0) is 14.6. The molecule has 1 aromatic carbocycles. The van der Waals surface area contributed by atoms with E-state index in [0.717, 1.165) is 0 Å². The number of alkyl halides is 1. The maximum atomic E-state index is 11.5. The lowest BCUT2D eigenvalue weighted by Crippen LogP contribution is -2.19. The number of rotatable bonds is 6. The molecule has 0 atom stereocenters. The van der Waals surface area contributed by atoms with Crippen LogP contribution in [0.25, 0.3) is 0 Å². The molecule has 5 nitrogen and oxygen atoms in total. The highest BCUT2D eigenvalue weighted by atomic mass is 79.9. The number of benzene rings is 1. The van der Waals surface area contributed by atoms with Crippen LogP contribution in [-0.2, 0) is 9.84 Å². The van der Waals surface area contributed by atoms with Crippen molar-refractivity contribution in [1.82, 2.24) is 0 Å². The summed E-state index contributed by atoms with van der Waals surface area (Å²) >= 11 is 14.4. The van der Waals surface area contributed by atoms with Gasteiger partial charge in [0.2, 0.25) is 0 Å². The second kappa shape index (κ2) is 6.78. The number of carboxylic acids is 1. The average Bonchev–Trinajstić information content (AvgIpc) is 2.29. The molecule has 0 aliphatic carbocycles. The smallest absolute Gasteiger partial charge is 0.337 e. The van der Waals surface area contributed by atoms with E-state index in [1.165, 1.54) is 12.1 Å². The van der Waals surface area contributed by atoms with Gasteiger partial charge in [-0.2, -0.15) is 0 Å². The predicted octanol–water partition coefficient (Wildman–Crippen LogP) is 2.82. The molecule has 0 saturated carbocycles. The molecule has 0 bridgehead atoms. The molecule has 0 radical (unpaired) electrons. The standard InChI is InChI=1S/C10H10BrCl2NO4S/c11-6-3-7(10(15)16)9(13)8(4-6)14-5-19(17,18)2-1-12/h3-4,14H,1-2,5H2,(H,15,16). The molecule has 0 aliphatic rings. The van der Waals surface area contributed by atoms with Gasteiger partial charge in [0, 0.05) is 10.4 Å². The van der Waals surface area contributed by atoms with Crippen molar-refractivity contribution in [3.05, 3.63) is 27.2 Å². The van der Waals surface area contributed by atoms with E-state index in [9.17, 15) is 13.2 Å². The van der Waals surface area contributed by atoms with E-state index in [2.05, 4.69) is 21.2 Å². The summed E-state index contributed by atoms with van der Waals surface area (Å²) in [7, 11) is -3.36. The van der Waals surface area contributed by atoms with Gasteiger partial charge in [-0.1, -0.05) is 27.5 Å². The summed E-state index contributed by atoms with van der Waals surface area (Å²) in [4.78, 5) is 11.0. The van der Waals surface area contributed by atoms with Crippen LogP contribution < -0.4 is 5.32 Å². The van der Waals surface area contributed by atoms with Crippen LogP contribution in [0.3, 0.4) is 0 Å². The van der Waals surface area contributed by atoms with Crippen molar-refractivity contribution in [2.75, 3.05) is 22.8 Å². The lowest BCUT2D eigenvalue weighted by atomic mass is 10.2. The van der Waals surface area contributed by atoms with Gasteiger partial charge in [-0.05, 0) is 12.1 Å². The number of hydrogen-bond acceptors (Lipinski definition) is 4. The van der Waals surface area contributed by atoms with E-state index >= 15 is 0 Å². The molecule has 2 N–H and O–H groups in total. The maximum absolute atomic E-state index is 11.5. The van der Waals surface area contributed by atoms with Crippen molar-refractivity contribution in [3.8, 4) is 0 Å². The first kappa shape index (κ1) is 16.6. The number of sulfone groups is 1.